The Kier molecular flexibility index (Phi) is 7.10. The second kappa shape index (κ2) is 11.1. The van der Waals surface area contributed by atoms with E-state index in [0.29, 0.717) is 23.4 Å². The van der Waals surface area contributed by atoms with E-state index in [2.05, 4.69) is 10.3 Å². The summed E-state index contributed by atoms with van der Waals surface area (Å²) < 4.78 is 46.4. The number of ether oxygens (including phenoxy) is 1. The first-order valence-electron chi connectivity index (χ1n) is 15.1. The van der Waals surface area contributed by atoms with Crippen LogP contribution in [-0.2, 0) is 20.6 Å². The van der Waals surface area contributed by atoms with Gasteiger partial charge in [-0.3, -0.25) is 24.1 Å². The highest BCUT2D eigenvalue weighted by molar-refractivity contribution is 8.00. The van der Waals surface area contributed by atoms with Crippen LogP contribution in [-0.4, -0.2) is 34.6 Å². The summed E-state index contributed by atoms with van der Waals surface area (Å²) in [6.45, 7) is -0.551. The number of anilines is 2. The average Bonchev–Trinajstić information content (AvgIpc) is 3.79. The molecule has 7 atom stereocenters. The molecule has 3 amide bonds. The number of hydrogen-bond acceptors (Lipinski definition) is 7. The number of hydrogen-bond donors (Lipinski definition) is 2. The Hall–Kier alpha value is -4.36. The van der Waals surface area contributed by atoms with Crippen molar-refractivity contribution in [3.63, 3.8) is 0 Å². The number of carbonyl (C=O) groups excluding carboxylic acids is 3. The lowest BCUT2D eigenvalue weighted by atomic mass is 9.68. The van der Waals surface area contributed by atoms with Gasteiger partial charge in [-0.05, 0) is 54.5 Å². The van der Waals surface area contributed by atoms with Crippen molar-refractivity contribution < 1.29 is 32.3 Å². The zero-order chi connectivity index (χ0) is 32.6. The van der Waals surface area contributed by atoms with Crippen molar-refractivity contribution in [3.8, 4) is 5.75 Å². The number of aromatic nitrogens is 1. The van der Waals surface area contributed by atoms with Gasteiger partial charge in [0.15, 0.2) is 6.61 Å². The molecular formula is C34H26F3N3O5S2. The Bertz CT molecular complexity index is 1980. The number of alkyl halides is 3. The minimum Gasteiger partial charge on any atom is -0.483 e. The van der Waals surface area contributed by atoms with E-state index in [4.69, 9.17) is 4.74 Å². The summed E-state index contributed by atoms with van der Waals surface area (Å²) in [7, 11) is 0. The number of benzene rings is 3. The molecule has 2 N–H and O–H groups in total. The minimum atomic E-state index is -4.65. The van der Waals surface area contributed by atoms with Crippen LogP contribution in [0.4, 0.5) is 24.5 Å². The molecule has 1 saturated heterocycles. The number of thiazole rings is 1. The van der Waals surface area contributed by atoms with Crippen LogP contribution in [0.25, 0.3) is 0 Å². The van der Waals surface area contributed by atoms with E-state index >= 15 is 0 Å². The Morgan fingerprint density at radius 1 is 0.915 bits per heavy atom. The van der Waals surface area contributed by atoms with Crippen molar-refractivity contribution in [3.05, 3.63) is 105 Å². The van der Waals surface area contributed by atoms with E-state index in [9.17, 15) is 32.3 Å². The van der Waals surface area contributed by atoms with Crippen molar-refractivity contribution in [2.75, 3.05) is 16.8 Å². The van der Waals surface area contributed by atoms with E-state index in [1.54, 1.807) is 48.2 Å². The SMILES string of the molecule is O=C(COc1ccccc1[C@H]1c2sc(=O)[nH]c2SC2C3CC(C4C(=O)N(c5ccccc5)C(=O)C34)C21)Nc1ccccc1C(F)(F)F. The lowest BCUT2D eigenvalue weighted by Crippen LogP contribution is -2.42. The molecule has 2 bridgehead atoms. The summed E-state index contributed by atoms with van der Waals surface area (Å²) in [5.41, 5.74) is -0.0623. The average molecular weight is 678 g/mol. The number of carbonyl (C=O) groups is 3. The maximum atomic E-state index is 13.9. The van der Waals surface area contributed by atoms with E-state index in [1.165, 1.54) is 23.1 Å². The molecule has 4 aliphatic rings. The van der Waals surface area contributed by atoms with Crippen LogP contribution in [0.5, 0.6) is 5.75 Å². The zero-order valence-corrected chi connectivity index (χ0v) is 26.0. The summed E-state index contributed by atoms with van der Waals surface area (Å²) in [6.07, 6.45) is -3.94. The molecular weight excluding hydrogens is 652 g/mol. The third-order valence-corrected chi connectivity index (χ3v) is 12.4. The van der Waals surface area contributed by atoms with Crippen molar-refractivity contribution in [2.45, 2.75) is 28.8 Å². The molecule has 3 heterocycles. The monoisotopic (exact) mass is 677 g/mol. The van der Waals surface area contributed by atoms with Crippen LogP contribution < -0.4 is 19.8 Å². The predicted octanol–water partition coefficient (Wildman–Crippen LogP) is 6.15. The molecule has 3 fully saturated rings. The predicted molar refractivity (Wildman–Crippen MR) is 169 cm³/mol. The third-order valence-electron chi connectivity index (χ3n) is 9.86. The molecule has 2 aliphatic carbocycles. The summed E-state index contributed by atoms with van der Waals surface area (Å²) in [5, 5.41) is 2.99. The van der Waals surface area contributed by atoms with Crippen LogP contribution in [0, 0.1) is 29.6 Å². The minimum absolute atomic E-state index is 0.0494. The van der Waals surface area contributed by atoms with Crippen molar-refractivity contribution in [1.29, 1.82) is 0 Å². The molecule has 240 valence electrons. The lowest BCUT2D eigenvalue weighted by molar-refractivity contribution is -0.137. The molecule has 1 aromatic heterocycles. The molecule has 47 heavy (non-hydrogen) atoms. The molecule has 4 aromatic rings. The highest BCUT2D eigenvalue weighted by Gasteiger charge is 2.69. The number of thioether (sulfide) groups is 1. The first-order chi connectivity index (χ1) is 22.6. The molecule has 13 heteroatoms. The molecule has 6 unspecified atom stereocenters. The van der Waals surface area contributed by atoms with E-state index in [-0.39, 0.29) is 51.3 Å². The fourth-order valence-corrected chi connectivity index (χ4v) is 11.1. The highest BCUT2D eigenvalue weighted by atomic mass is 32.2. The van der Waals surface area contributed by atoms with Gasteiger partial charge >= 0.3 is 11.0 Å². The number of para-hydroxylation sites is 3. The van der Waals surface area contributed by atoms with E-state index < -0.39 is 36.1 Å². The number of imide groups is 1. The first kappa shape index (κ1) is 30.0. The maximum Gasteiger partial charge on any atom is 0.418 e. The summed E-state index contributed by atoms with van der Waals surface area (Å²) >= 11 is 2.66. The van der Waals surface area contributed by atoms with Crippen molar-refractivity contribution in [2.24, 2.45) is 29.6 Å². The quantitative estimate of drug-likeness (QED) is 0.237. The number of halogens is 3. The van der Waals surface area contributed by atoms with Gasteiger partial charge < -0.3 is 15.0 Å². The molecule has 0 spiro atoms. The number of H-pyrrole nitrogens is 1. The van der Waals surface area contributed by atoms with Crippen molar-refractivity contribution in [1.82, 2.24) is 4.98 Å². The van der Waals surface area contributed by atoms with Crippen molar-refractivity contribution >= 4 is 52.2 Å². The second-order valence-corrected chi connectivity index (χ2v) is 14.4. The van der Waals surface area contributed by atoms with Gasteiger partial charge in [0, 0.05) is 21.6 Å². The molecule has 0 radical (unpaired) electrons. The first-order valence-corrected chi connectivity index (χ1v) is 16.8. The molecule has 8 nitrogen and oxygen atoms in total. The van der Waals surface area contributed by atoms with Crippen LogP contribution in [0.15, 0.2) is 88.7 Å². The third kappa shape index (κ3) is 4.81. The molecule has 8 rings (SSSR count). The number of nitrogens with one attached hydrogen (secondary N) is 2. The van der Waals surface area contributed by atoms with Crippen LogP contribution in [0.1, 0.15) is 28.3 Å². The number of fused-ring (bicyclic) bond motifs is 9. The molecule has 2 aliphatic heterocycles. The smallest absolute Gasteiger partial charge is 0.418 e. The number of amides is 3. The lowest BCUT2D eigenvalue weighted by Gasteiger charge is -2.43. The van der Waals surface area contributed by atoms with Gasteiger partial charge in [-0.15, -0.1) is 11.8 Å². The van der Waals surface area contributed by atoms with Crippen LogP contribution >= 0.6 is 23.1 Å². The van der Waals surface area contributed by atoms with E-state index in [0.717, 1.165) is 27.3 Å². The molecule has 2 saturated carbocycles. The van der Waals surface area contributed by atoms with Gasteiger partial charge in [0.1, 0.15) is 5.75 Å². The Labute approximate surface area is 274 Å². The fraction of sp³-hybridized carbons (Fsp3) is 0.294. The second-order valence-electron chi connectivity index (χ2n) is 12.2. The van der Waals surface area contributed by atoms with Gasteiger partial charge in [0.2, 0.25) is 11.8 Å². The fourth-order valence-electron chi connectivity index (χ4n) is 8.23. The number of aromatic amines is 1. The van der Waals surface area contributed by atoms with Gasteiger partial charge in [-0.25, -0.2) is 0 Å². The summed E-state index contributed by atoms with van der Waals surface area (Å²) in [4.78, 5) is 58.1. The summed E-state index contributed by atoms with van der Waals surface area (Å²) in [5.74, 6) is -2.38. The van der Waals surface area contributed by atoms with E-state index in [1.807, 2.05) is 18.2 Å². The normalized spacial score (nSPS) is 27.4. The van der Waals surface area contributed by atoms with Crippen LogP contribution in [0.3, 0.4) is 0 Å². The zero-order valence-electron chi connectivity index (χ0n) is 24.4. The topological polar surface area (TPSA) is 109 Å². The highest BCUT2D eigenvalue weighted by Crippen LogP contribution is 2.69. The standard InChI is InChI=1S/C34H26F3N3O5S2/c35-34(36,37)20-11-5-6-12-21(20)38-23(41)15-45-22-13-7-4-10-17(22)24-25-18-14-19(28(25)46-30-29(24)47-33(44)39-30)27-26(18)31(42)40(32(27)43)16-8-2-1-3-9-16/h1-13,18-19,24-28H,14-15H2,(H,38,41)(H,39,44)/t18?,19?,24-,25?,26?,27?,28?/m1/s1. The van der Waals surface area contributed by atoms with Crippen LogP contribution in [0.2, 0.25) is 0 Å². The Morgan fingerprint density at radius 2 is 1.60 bits per heavy atom. The van der Waals surface area contributed by atoms with Gasteiger partial charge in [0.05, 0.1) is 33.8 Å². The van der Waals surface area contributed by atoms with Gasteiger partial charge in [-0.1, -0.05) is 59.9 Å². The number of nitrogens with zero attached hydrogens (tertiary/aromatic N) is 1. The Balaban J connectivity index is 1.11. The number of rotatable bonds is 6. The summed E-state index contributed by atoms with van der Waals surface area (Å²) in [6, 6.07) is 20.8. The maximum absolute atomic E-state index is 13.9. The van der Waals surface area contributed by atoms with Gasteiger partial charge in [0.25, 0.3) is 5.91 Å². The van der Waals surface area contributed by atoms with Gasteiger partial charge in [-0.2, -0.15) is 13.2 Å². The largest absolute Gasteiger partial charge is 0.483 e. The molecule has 3 aromatic carbocycles. The Morgan fingerprint density at radius 3 is 2.36 bits per heavy atom.